The number of carbonyl (C=O) groups excluding carboxylic acids is 2. The Balaban J connectivity index is 1.59. The van der Waals surface area contributed by atoms with E-state index >= 15 is 0 Å². The van der Waals surface area contributed by atoms with Crippen molar-refractivity contribution < 1.29 is 9.59 Å². The summed E-state index contributed by atoms with van der Waals surface area (Å²) in [7, 11) is 1.86. The molecule has 2 fully saturated rings. The highest BCUT2D eigenvalue weighted by Gasteiger charge is 2.29. The van der Waals surface area contributed by atoms with E-state index in [2.05, 4.69) is 9.88 Å². The van der Waals surface area contributed by atoms with Crippen LogP contribution in [0.4, 0.5) is 5.82 Å². The lowest BCUT2D eigenvalue weighted by atomic mass is 10.0. The zero-order valence-corrected chi connectivity index (χ0v) is 13.6. The fraction of sp³-hybridized carbons (Fsp3) is 0.588. The Hall–Kier alpha value is -2.11. The third-order valence-corrected chi connectivity index (χ3v) is 4.81. The van der Waals surface area contributed by atoms with Crippen molar-refractivity contribution in [1.29, 1.82) is 0 Å². The van der Waals surface area contributed by atoms with Gasteiger partial charge in [-0.15, -0.1) is 0 Å². The Morgan fingerprint density at radius 2 is 2.22 bits per heavy atom. The van der Waals surface area contributed by atoms with Crippen LogP contribution in [0.1, 0.15) is 25.7 Å². The van der Waals surface area contributed by atoms with Gasteiger partial charge in [0.25, 0.3) is 0 Å². The van der Waals surface area contributed by atoms with Crippen LogP contribution < -0.4 is 4.90 Å². The average Bonchev–Trinajstić information content (AvgIpc) is 3.00. The van der Waals surface area contributed by atoms with Crippen molar-refractivity contribution in [3.63, 3.8) is 0 Å². The molecular weight excluding hydrogens is 292 g/mol. The Kier molecular flexibility index (Phi) is 4.79. The maximum absolute atomic E-state index is 12.5. The standard InChI is InChI=1S/C17H24N4O2/c1-19(17(23)13-21-11-5-8-16(21)22)14-6-4-10-20(12-14)15-7-2-3-9-18-15/h2-3,7,9,14H,4-6,8,10-13H2,1H3/t14-/m0/s1. The maximum atomic E-state index is 12.5. The van der Waals surface area contributed by atoms with Crippen LogP contribution in [-0.4, -0.2) is 65.9 Å². The van der Waals surface area contributed by atoms with Gasteiger partial charge in [-0.3, -0.25) is 9.59 Å². The molecule has 0 unspecified atom stereocenters. The second-order valence-corrected chi connectivity index (χ2v) is 6.35. The van der Waals surface area contributed by atoms with Crippen LogP contribution in [0, 0.1) is 0 Å². The van der Waals surface area contributed by atoms with Crippen molar-refractivity contribution >= 4 is 17.6 Å². The third kappa shape index (κ3) is 3.63. The van der Waals surface area contributed by atoms with E-state index in [-0.39, 0.29) is 24.4 Å². The number of anilines is 1. The van der Waals surface area contributed by atoms with Gasteiger partial charge in [0.05, 0.1) is 6.54 Å². The molecule has 0 radical (unpaired) electrons. The highest BCUT2D eigenvalue weighted by molar-refractivity contribution is 5.86. The van der Waals surface area contributed by atoms with Gasteiger partial charge in [0.1, 0.15) is 5.82 Å². The molecule has 0 N–H and O–H groups in total. The Bertz CT molecular complexity index is 563. The van der Waals surface area contributed by atoms with Gasteiger partial charge in [0.15, 0.2) is 0 Å². The minimum atomic E-state index is 0.0353. The third-order valence-electron chi connectivity index (χ3n) is 4.81. The van der Waals surface area contributed by atoms with Crippen molar-refractivity contribution in [2.75, 3.05) is 38.1 Å². The van der Waals surface area contributed by atoms with Gasteiger partial charge in [-0.25, -0.2) is 4.98 Å². The van der Waals surface area contributed by atoms with Gasteiger partial charge in [-0.05, 0) is 31.4 Å². The van der Waals surface area contributed by atoms with Crippen molar-refractivity contribution in [3.05, 3.63) is 24.4 Å². The van der Waals surface area contributed by atoms with Gasteiger partial charge in [-0.2, -0.15) is 0 Å². The van der Waals surface area contributed by atoms with Gasteiger partial charge < -0.3 is 14.7 Å². The topological polar surface area (TPSA) is 56.8 Å². The SMILES string of the molecule is CN(C(=O)CN1CCCC1=O)[C@H]1CCCN(c2ccccn2)C1. The summed E-state index contributed by atoms with van der Waals surface area (Å²) < 4.78 is 0. The molecule has 0 aliphatic carbocycles. The highest BCUT2D eigenvalue weighted by atomic mass is 16.2. The van der Waals surface area contributed by atoms with Crippen LogP contribution in [0.5, 0.6) is 0 Å². The van der Waals surface area contributed by atoms with E-state index in [1.807, 2.05) is 30.1 Å². The molecule has 2 amide bonds. The molecule has 0 bridgehead atoms. The van der Waals surface area contributed by atoms with E-state index in [0.717, 1.165) is 38.2 Å². The number of hydrogen-bond acceptors (Lipinski definition) is 4. The summed E-state index contributed by atoms with van der Waals surface area (Å²) in [4.78, 5) is 34.3. The second kappa shape index (κ2) is 6.98. The van der Waals surface area contributed by atoms with Crippen molar-refractivity contribution in [2.24, 2.45) is 0 Å². The first-order valence-electron chi connectivity index (χ1n) is 8.34. The zero-order chi connectivity index (χ0) is 16.2. The predicted molar refractivity (Wildman–Crippen MR) is 88.1 cm³/mol. The first-order chi connectivity index (χ1) is 11.1. The Morgan fingerprint density at radius 3 is 2.91 bits per heavy atom. The van der Waals surface area contributed by atoms with E-state index in [4.69, 9.17) is 0 Å². The van der Waals surface area contributed by atoms with E-state index in [1.54, 1.807) is 11.1 Å². The van der Waals surface area contributed by atoms with E-state index in [1.165, 1.54) is 0 Å². The lowest BCUT2D eigenvalue weighted by molar-refractivity contribution is -0.139. The number of carbonyl (C=O) groups is 2. The normalized spacial score (nSPS) is 21.6. The van der Waals surface area contributed by atoms with Crippen molar-refractivity contribution in [2.45, 2.75) is 31.7 Å². The molecular formula is C17H24N4O2. The average molecular weight is 316 g/mol. The molecule has 1 aromatic heterocycles. The molecule has 6 nitrogen and oxygen atoms in total. The number of likely N-dealkylation sites (N-methyl/N-ethyl adjacent to an activating group) is 1. The Labute approximate surface area is 137 Å². The van der Waals surface area contributed by atoms with Gasteiger partial charge in [-0.1, -0.05) is 6.07 Å². The first kappa shape index (κ1) is 15.8. The number of aromatic nitrogens is 1. The largest absolute Gasteiger partial charge is 0.355 e. The maximum Gasteiger partial charge on any atom is 0.242 e. The quantitative estimate of drug-likeness (QED) is 0.835. The molecule has 3 heterocycles. The number of amides is 2. The van der Waals surface area contributed by atoms with Gasteiger partial charge in [0, 0.05) is 45.3 Å². The van der Waals surface area contributed by atoms with E-state index in [0.29, 0.717) is 13.0 Å². The number of piperidine rings is 1. The summed E-state index contributed by atoms with van der Waals surface area (Å²) in [5, 5.41) is 0. The molecule has 0 aromatic carbocycles. The lowest BCUT2D eigenvalue weighted by Crippen LogP contribution is -2.51. The Morgan fingerprint density at radius 1 is 1.35 bits per heavy atom. The predicted octanol–water partition coefficient (Wildman–Crippen LogP) is 1.13. The summed E-state index contributed by atoms with van der Waals surface area (Å²) in [6.45, 7) is 2.70. The van der Waals surface area contributed by atoms with Crippen LogP contribution in [0.2, 0.25) is 0 Å². The summed E-state index contributed by atoms with van der Waals surface area (Å²) >= 11 is 0. The molecule has 1 aromatic rings. The summed E-state index contributed by atoms with van der Waals surface area (Å²) in [6, 6.07) is 6.08. The minimum Gasteiger partial charge on any atom is -0.355 e. The van der Waals surface area contributed by atoms with Crippen LogP contribution in [0.15, 0.2) is 24.4 Å². The van der Waals surface area contributed by atoms with Crippen LogP contribution in [0.25, 0.3) is 0 Å². The highest BCUT2D eigenvalue weighted by Crippen LogP contribution is 2.20. The number of hydrogen-bond donors (Lipinski definition) is 0. The first-order valence-corrected chi connectivity index (χ1v) is 8.34. The minimum absolute atomic E-state index is 0.0353. The molecule has 6 heteroatoms. The molecule has 124 valence electrons. The van der Waals surface area contributed by atoms with Gasteiger partial charge >= 0.3 is 0 Å². The number of rotatable bonds is 4. The smallest absolute Gasteiger partial charge is 0.242 e. The summed E-state index contributed by atoms with van der Waals surface area (Å²) in [5.74, 6) is 1.10. The molecule has 2 saturated heterocycles. The molecule has 2 aliphatic rings. The lowest BCUT2D eigenvalue weighted by Gasteiger charge is -2.38. The molecule has 3 rings (SSSR count). The van der Waals surface area contributed by atoms with E-state index < -0.39 is 0 Å². The number of nitrogens with zero attached hydrogens (tertiary/aromatic N) is 4. The van der Waals surface area contributed by atoms with E-state index in [9.17, 15) is 9.59 Å². The molecule has 1 atom stereocenters. The second-order valence-electron chi connectivity index (χ2n) is 6.35. The monoisotopic (exact) mass is 316 g/mol. The number of pyridine rings is 1. The zero-order valence-electron chi connectivity index (χ0n) is 13.6. The molecule has 0 saturated carbocycles. The molecule has 23 heavy (non-hydrogen) atoms. The molecule has 0 spiro atoms. The molecule has 2 aliphatic heterocycles. The summed E-state index contributed by atoms with van der Waals surface area (Å²) in [5.41, 5.74) is 0. The van der Waals surface area contributed by atoms with Crippen molar-refractivity contribution in [3.8, 4) is 0 Å². The van der Waals surface area contributed by atoms with Crippen LogP contribution in [-0.2, 0) is 9.59 Å². The fourth-order valence-electron chi connectivity index (χ4n) is 3.37. The number of likely N-dealkylation sites (tertiary alicyclic amines) is 1. The summed E-state index contributed by atoms with van der Waals surface area (Å²) in [6.07, 6.45) is 5.29. The van der Waals surface area contributed by atoms with Crippen LogP contribution >= 0.6 is 0 Å². The van der Waals surface area contributed by atoms with Crippen molar-refractivity contribution in [1.82, 2.24) is 14.8 Å². The van der Waals surface area contributed by atoms with Crippen LogP contribution in [0.3, 0.4) is 0 Å². The fourth-order valence-corrected chi connectivity index (χ4v) is 3.37. The van der Waals surface area contributed by atoms with Gasteiger partial charge in [0.2, 0.25) is 11.8 Å².